The van der Waals surface area contributed by atoms with Gasteiger partial charge in [-0.2, -0.15) is 0 Å². The lowest BCUT2D eigenvalue weighted by Gasteiger charge is -2.18. The first-order valence-corrected chi connectivity index (χ1v) is 6.38. The average Bonchev–Trinajstić information content (AvgIpc) is 2.49. The normalized spacial score (nSPS) is 10.4. The van der Waals surface area contributed by atoms with Crippen LogP contribution in [0, 0.1) is 11.6 Å². The van der Waals surface area contributed by atoms with Gasteiger partial charge in [-0.1, -0.05) is 0 Å². The molecule has 0 fully saturated rings. The lowest BCUT2D eigenvalue weighted by atomic mass is 10.1. The number of halogens is 2. The van der Waals surface area contributed by atoms with Gasteiger partial charge in [0.1, 0.15) is 11.6 Å². The molecule has 4 nitrogen and oxygen atoms in total. The summed E-state index contributed by atoms with van der Waals surface area (Å²) < 4.78 is 26.8. The number of anilines is 1. The molecule has 0 aliphatic rings. The van der Waals surface area contributed by atoms with Gasteiger partial charge in [-0.15, -0.1) is 0 Å². The number of rotatable bonds is 4. The van der Waals surface area contributed by atoms with Crippen molar-refractivity contribution < 1.29 is 13.6 Å². The van der Waals surface area contributed by atoms with E-state index < -0.39 is 17.5 Å². The zero-order valence-corrected chi connectivity index (χ0v) is 11.5. The molecule has 1 aromatic carbocycles. The Morgan fingerprint density at radius 3 is 2.57 bits per heavy atom. The van der Waals surface area contributed by atoms with Crippen molar-refractivity contribution in [1.82, 2.24) is 9.88 Å². The third-order valence-electron chi connectivity index (χ3n) is 3.15. The van der Waals surface area contributed by atoms with Crippen molar-refractivity contribution in [3.05, 3.63) is 59.4 Å². The number of nitrogen functional groups attached to an aromatic ring is 1. The van der Waals surface area contributed by atoms with Crippen molar-refractivity contribution in [1.29, 1.82) is 0 Å². The van der Waals surface area contributed by atoms with Crippen LogP contribution >= 0.6 is 0 Å². The van der Waals surface area contributed by atoms with Crippen molar-refractivity contribution in [3.8, 4) is 0 Å². The monoisotopic (exact) mass is 291 g/mol. The van der Waals surface area contributed by atoms with Crippen molar-refractivity contribution in [2.75, 3.05) is 19.3 Å². The number of hydrogen-bond acceptors (Lipinski definition) is 3. The smallest absolute Gasteiger partial charge is 0.256 e. The molecule has 1 aromatic heterocycles. The lowest BCUT2D eigenvalue weighted by molar-refractivity contribution is 0.0792. The van der Waals surface area contributed by atoms with Crippen molar-refractivity contribution >= 4 is 11.6 Å². The number of aromatic nitrogens is 1. The highest BCUT2D eigenvalue weighted by molar-refractivity contribution is 5.95. The summed E-state index contributed by atoms with van der Waals surface area (Å²) in [5.74, 6) is -2.32. The predicted molar refractivity (Wildman–Crippen MR) is 75.7 cm³/mol. The molecular formula is C15H15F2N3O. The van der Waals surface area contributed by atoms with Gasteiger partial charge < -0.3 is 10.6 Å². The topological polar surface area (TPSA) is 59.2 Å². The van der Waals surface area contributed by atoms with E-state index in [1.165, 1.54) is 4.90 Å². The number of nitrogens with zero attached hydrogens (tertiary/aromatic N) is 2. The van der Waals surface area contributed by atoms with Crippen LogP contribution in [0.25, 0.3) is 0 Å². The van der Waals surface area contributed by atoms with Crippen LogP contribution in [0.2, 0.25) is 0 Å². The lowest BCUT2D eigenvalue weighted by Crippen LogP contribution is -2.29. The maximum atomic E-state index is 13.7. The van der Waals surface area contributed by atoms with Crippen LogP contribution in [0.4, 0.5) is 14.5 Å². The summed E-state index contributed by atoms with van der Waals surface area (Å²) in [7, 11) is 1.56. The largest absolute Gasteiger partial charge is 0.396 e. The van der Waals surface area contributed by atoms with Crippen LogP contribution in [-0.4, -0.2) is 29.4 Å². The SMILES string of the molecule is CN(CCc1ccncc1)C(=O)c1cc(N)c(F)cc1F. The molecule has 2 rings (SSSR count). The standard InChI is InChI=1S/C15H15F2N3O/c1-20(7-4-10-2-5-19-6-3-10)15(21)11-8-14(18)13(17)9-12(11)16/h2-3,5-6,8-9H,4,7,18H2,1H3. The van der Waals surface area contributed by atoms with Gasteiger partial charge in [0.2, 0.25) is 0 Å². The molecule has 0 aliphatic heterocycles. The van der Waals surface area contributed by atoms with Gasteiger partial charge in [-0.25, -0.2) is 8.78 Å². The summed E-state index contributed by atoms with van der Waals surface area (Å²) in [5.41, 5.74) is 5.91. The number of carbonyl (C=O) groups is 1. The summed E-state index contributed by atoms with van der Waals surface area (Å²) in [5, 5.41) is 0. The molecule has 0 bridgehead atoms. The number of nitrogens with two attached hydrogens (primary N) is 1. The highest BCUT2D eigenvalue weighted by Crippen LogP contribution is 2.18. The predicted octanol–water partition coefficient (Wildman–Crippen LogP) is 2.26. The van der Waals surface area contributed by atoms with Gasteiger partial charge in [0, 0.05) is 32.1 Å². The highest BCUT2D eigenvalue weighted by atomic mass is 19.1. The first kappa shape index (κ1) is 14.9. The molecule has 2 aromatic rings. The highest BCUT2D eigenvalue weighted by Gasteiger charge is 2.18. The Morgan fingerprint density at radius 1 is 1.24 bits per heavy atom. The third kappa shape index (κ3) is 3.53. The van der Waals surface area contributed by atoms with E-state index in [1.54, 1.807) is 19.4 Å². The van der Waals surface area contributed by atoms with Crippen LogP contribution in [0.3, 0.4) is 0 Å². The van der Waals surface area contributed by atoms with Crippen LogP contribution < -0.4 is 5.73 Å². The molecule has 6 heteroatoms. The molecule has 0 radical (unpaired) electrons. The molecule has 110 valence electrons. The first-order chi connectivity index (χ1) is 9.99. The Bertz CT molecular complexity index is 647. The summed E-state index contributed by atoms with van der Waals surface area (Å²) >= 11 is 0. The van der Waals surface area contributed by atoms with Gasteiger partial charge >= 0.3 is 0 Å². The molecule has 21 heavy (non-hydrogen) atoms. The van der Waals surface area contributed by atoms with Gasteiger partial charge in [-0.05, 0) is 30.2 Å². The third-order valence-corrected chi connectivity index (χ3v) is 3.15. The summed E-state index contributed by atoms with van der Waals surface area (Å²) in [4.78, 5) is 17.4. The Hall–Kier alpha value is -2.50. The Kier molecular flexibility index (Phi) is 4.47. The fraction of sp³-hybridized carbons (Fsp3) is 0.200. The Labute approximate surface area is 121 Å². The van der Waals surface area contributed by atoms with Crippen molar-refractivity contribution in [3.63, 3.8) is 0 Å². The molecule has 0 atom stereocenters. The molecule has 1 heterocycles. The average molecular weight is 291 g/mol. The van der Waals surface area contributed by atoms with Crippen LogP contribution in [-0.2, 0) is 6.42 Å². The molecule has 0 saturated heterocycles. The van der Waals surface area contributed by atoms with E-state index in [0.717, 1.165) is 11.6 Å². The van der Waals surface area contributed by atoms with Gasteiger partial charge in [0.15, 0.2) is 0 Å². The van der Waals surface area contributed by atoms with E-state index in [0.29, 0.717) is 19.0 Å². The van der Waals surface area contributed by atoms with Crippen LogP contribution in [0.1, 0.15) is 15.9 Å². The number of carbonyl (C=O) groups excluding carboxylic acids is 1. The fourth-order valence-corrected chi connectivity index (χ4v) is 1.88. The number of benzene rings is 1. The quantitative estimate of drug-likeness (QED) is 0.879. The van der Waals surface area contributed by atoms with E-state index in [1.807, 2.05) is 12.1 Å². The summed E-state index contributed by atoms with van der Waals surface area (Å²) in [6, 6.07) is 5.33. The second-order valence-corrected chi connectivity index (χ2v) is 4.69. The van der Waals surface area contributed by atoms with E-state index >= 15 is 0 Å². The van der Waals surface area contributed by atoms with E-state index in [-0.39, 0.29) is 11.3 Å². The minimum Gasteiger partial charge on any atom is -0.396 e. The minimum atomic E-state index is -0.914. The van der Waals surface area contributed by atoms with E-state index in [4.69, 9.17) is 5.73 Å². The zero-order valence-electron chi connectivity index (χ0n) is 11.5. The molecule has 0 aliphatic carbocycles. The number of hydrogen-bond donors (Lipinski definition) is 1. The maximum absolute atomic E-state index is 13.7. The number of likely N-dealkylation sites (N-methyl/N-ethyl adjacent to an activating group) is 1. The van der Waals surface area contributed by atoms with Crippen LogP contribution in [0.15, 0.2) is 36.7 Å². The van der Waals surface area contributed by atoms with Crippen molar-refractivity contribution in [2.24, 2.45) is 0 Å². The van der Waals surface area contributed by atoms with Gasteiger partial charge in [-0.3, -0.25) is 9.78 Å². The summed E-state index contributed by atoms with van der Waals surface area (Å²) in [6.45, 7) is 0.402. The fourth-order valence-electron chi connectivity index (χ4n) is 1.88. The molecular weight excluding hydrogens is 276 g/mol. The van der Waals surface area contributed by atoms with Gasteiger partial charge in [0.05, 0.1) is 11.3 Å². The number of pyridine rings is 1. The minimum absolute atomic E-state index is 0.230. The molecule has 2 N–H and O–H groups in total. The van der Waals surface area contributed by atoms with E-state index in [9.17, 15) is 13.6 Å². The molecule has 0 saturated carbocycles. The van der Waals surface area contributed by atoms with Gasteiger partial charge in [0.25, 0.3) is 5.91 Å². The maximum Gasteiger partial charge on any atom is 0.256 e. The first-order valence-electron chi connectivity index (χ1n) is 6.38. The number of amides is 1. The van der Waals surface area contributed by atoms with Crippen LogP contribution in [0.5, 0.6) is 0 Å². The second-order valence-electron chi connectivity index (χ2n) is 4.69. The molecule has 0 unspecified atom stereocenters. The molecule has 1 amide bonds. The second kappa shape index (κ2) is 6.30. The Morgan fingerprint density at radius 2 is 1.90 bits per heavy atom. The Balaban J connectivity index is 2.07. The van der Waals surface area contributed by atoms with E-state index in [2.05, 4.69) is 4.98 Å². The molecule has 0 spiro atoms. The van der Waals surface area contributed by atoms with Crippen molar-refractivity contribution in [2.45, 2.75) is 6.42 Å². The zero-order chi connectivity index (χ0) is 15.4. The summed E-state index contributed by atoms with van der Waals surface area (Å²) in [6.07, 6.45) is 3.94.